The third kappa shape index (κ3) is 3.45. The fraction of sp³-hybridized carbons (Fsp3) is 0.769. The van der Waals surface area contributed by atoms with Crippen molar-refractivity contribution in [3.8, 4) is 0 Å². The van der Waals surface area contributed by atoms with Gasteiger partial charge in [0.15, 0.2) is 0 Å². The van der Waals surface area contributed by atoms with E-state index in [2.05, 4.69) is 29.4 Å². The molecule has 6 nitrogen and oxygen atoms in total. The molecule has 1 aliphatic carbocycles. The van der Waals surface area contributed by atoms with Gasteiger partial charge in [-0.1, -0.05) is 38.5 Å². The van der Waals surface area contributed by atoms with Crippen molar-refractivity contribution in [2.45, 2.75) is 56.5 Å². The molecule has 0 spiro atoms. The van der Waals surface area contributed by atoms with Crippen molar-refractivity contribution in [1.29, 1.82) is 0 Å². The van der Waals surface area contributed by atoms with E-state index in [-0.39, 0.29) is 17.2 Å². The van der Waals surface area contributed by atoms with E-state index in [9.17, 15) is 4.79 Å². The minimum absolute atomic E-state index is 0.0453. The molecule has 1 aromatic heterocycles. The zero-order valence-corrected chi connectivity index (χ0v) is 13.1. The number of hydrogen-bond acceptors (Lipinski definition) is 5. The number of nitrogens with one attached hydrogen (secondary N) is 1. The largest absolute Gasteiger partial charge is 0.352 e. The molecular formula is C13H23N5OS. The molecule has 1 aliphatic rings. The number of nitrogens with two attached hydrogens (primary N) is 1. The summed E-state index contributed by atoms with van der Waals surface area (Å²) in [7, 11) is 0. The van der Waals surface area contributed by atoms with Crippen LogP contribution in [0, 0.1) is 11.8 Å². The van der Waals surface area contributed by atoms with E-state index < -0.39 is 0 Å². The van der Waals surface area contributed by atoms with Crippen LogP contribution in [0.3, 0.4) is 0 Å². The van der Waals surface area contributed by atoms with Crippen molar-refractivity contribution in [2.75, 3.05) is 5.84 Å². The average molecular weight is 297 g/mol. The number of aromatic nitrogens is 3. The first kappa shape index (κ1) is 15.2. The van der Waals surface area contributed by atoms with Gasteiger partial charge in [-0.3, -0.25) is 4.79 Å². The van der Waals surface area contributed by atoms with E-state index in [0.717, 1.165) is 6.42 Å². The molecular weight excluding hydrogens is 274 g/mol. The van der Waals surface area contributed by atoms with Crippen LogP contribution >= 0.6 is 11.8 Å². The highest BCUT2D eigenvalue weighted by molar-refractivity contribution is 8.00. The highest BCUT2D eigenvalue weighted by Gasteiger charge is 2.29. The van der Waals surface area contributed by atoms with Gasteiger partial charge in [-0.25, -0.2) is 4.68 Å². The molecule has 0 radical (unpaired) electrons. The summed E-state index contributed by atoms with van der Waals surface area (Å²) in [6.07, 6.45) is 4.95. The van der Waals surface area contributed by atoms with Gasteiger partial charge in [0.25, 0.3) is 0 Å². The molecule has 1 heterocycles. The monoisotopic (exact) mass is 297 g/mol. The fourth-order valence-electron chi connectivity index (χ4n) is 2.61. The number of hydrogen-bond donors (Lipinski definition) is 2. The third-order valence-electron chi connectivity index (χ3n) is 4.23. The van der Waals surface area contributed by atoms with Crippen molar-refractivity contribution < 1.29 is 4.79 Å². The normalized spacial score (nSPS) is 28.1. The Hall–Kier alpha value is -1.24. The molecule has 0 aliphatic heterocycles. The number of amides is 1. The standard InChI is InChI=1S/C13H23N5OS/c1-8-5-4-6-11(9(8)2)16-12(19)10(3)20-13-17-15-7-18(13)14/h7-11H,4-6,14H2,1-3H3,(H,16,19)/t8-,9-,10-,11+/m1/s1. The van der Waals surface area contributed by atoms with Crippen LogP contribution in [0.15, 0.2) is 11.5 Å². The maximum absolute atomic E-state index is 12.3. The van der Waals surface area contributed by atoms with Crippen LogP contribution in [0.25, 0.3) is 0 Å². The summed E-state index contributed by atoms with van der Waals surface area (Å²) in [5.41, 5.74) is 0. The van der Waals surface area contributed by atoms with Crippen LogP contribution in [0.1, 0.15) is 40.0 Å². The second-order valence-corrected chi connectivity index (χ2v) is 6.97. The van der Waals surface area contributed by atoms with Gasteiger partial charge in [0.2, 0.25) is 11.1 Å². The molecule has 0 aromatic carbocycles. The van der Waals surface area contributed by atoms with Gasteiger partial charge >= 0.3 is 0 Å². The zero-order valence-electron chi connectivity index (χ0n) is 12.2. The molecule has 7 heteroatoms. The van der Waals surface area contributed by atoms with Crippen molar-refractivity contribution in [2.24, 2.45) is 11.8 Å². The summed E-state index contributed by atoms with van der Waals surface area (Å²) >= 11 is 1.33. The van der Waals surface area contributed by atoms with Crippen molar-refractivity contribution in [3.63, 3.8) is 0 Å². The Labute approximate surface area is 123 Å². The van der Waals surface area contributed by atoms with Crippen LogP contribution in [0.4, 0.5) is 0 Å². The SMILES string of the molecule is C[C@@H]1[C@H](C)CCC[C@@H]1NC(=O)[C@@H](C)Sc1nncn1N. The van der Waals surface area contributed by atoms with Gasteiger partial charge in [-0.15, -0.1) is 10.2 Å². The summed E-state index contributed by atoms with van der Waals surface area (Å²) in [5.74, 6) is 6.90. The smallest absolute Gasteiger partial charge is 0.233 e. The molecule has 112 valence electrons. The molecule has 0 unspecified atom stereocenters. The second-order valence-electron chi connectivity index (χ2n) is 5.66. The van der Waals surface area contributed by atoms with Crippen LogP contribution in [0.5, 0.6) is 0 Å². The first-order chi connectivity index (χ1) is 9.49. The topological polar surface area (TPSA) is 85.8 Å². The third-order valence-corrected chi connectivity index (χ3v) is 5.30. The van der Waals surface area contributed by atoms with E-state index in [1.165, 1.54) is 35.6 Å². The van der Waals surface area contributed by atoms with Crippen LogP contribution < -0.4 is 11.2 Å². The van der Waals surface area contributed by atoms with Crippen molar-refractivity contribution in [1.82, 2.24) is 20.2 Å². The molecule has 1 saturated carbocycles. The van der Waals surface area contributed by atoms with Gasteiger partial charge in [-0.2, -0.15) is 0 Å². The summed E-state index contributed by atoms with van der Waals surface area (Å²) in [6.45, 7) is 6.35. The Morgan fingerprint density at radius 3 is 2.95 bits per heavy atom. The van der Waals surface area contributed by atoms with E-state index in [0.29, 0.717) is 17.0 Å². The summed E-state index contributed by atoms with van der Waals surface area (Å²) in [4.78, 5) is 12.3. The number of nitrogens with zero attached hydrogens (tertiary/aromatic N) is 3. The van der Waals surface area contributed by atoms with Gasteiger partial charge in [0.1, 0.15) is 6.33 Å². The number of rotatable bonds is 4. The van der Waals surface area contributed by atoms with Gasteiger partial charge in [-0.05, 0) is 25.2 Å². The number of thioether (sulfide) groups is 1. The lowest BCUT2D eigenvalue weighted by molar-refractivity contribution is -0.121. The number of carbonyl (C=O) groups is 1. The molecule has 4 atom stereocenters. The molecule has 1 fully saturated rings. The summed E-state index contributed by atoms with van der Waals surface area (Å²) in [5, 5.41) is 11.1. The summed E-state index contributed by atoms with van der Waals surface area (Å²) < 4.78 is 1.33. The molecule has 2 rings (SSSR count). The summed E-state index contributed by atoms with van der Waals surface area (Å²) in [6, 6.07) is 0.282. The quantitative estimate of drug-likeness (QED) is 0.648. The molecule has 1 aromatic rings. The molecule has 1 amide bonds. The van der Waals surface area contributed by atoms with Gasteiger partial charge in [0, 0.05) is 6.04 Å². The predicted octanol–water partition coefficient (Wildman–Crippen LogP) is 1.41. The predicted molar refractivity (Wildman–Crippen MR) is 79.6 cm³/mol. The van der Waals surface area contributed by atoms with Gasteiger partial charge in [0.05, 0.1) is 5.25 Å². The molecule has 20 heavy (non-hydrogen) atoms. The Kier molecular flexibility index (Phi) is 4.91. The van der Waals surface area contributed by atoms with Crippen LogP contribution in [-0.4, -0.2) is 32.1 Å². The van der Waals surface area contributed by atoms with E-state index in [1.54, 1.807) is 0 Å². The van der Waals surface area contributed by atoms with Crippen LogP contribution in [-0.2, 0) is 4.79 Å². The lowest BCUT2D eigenvalue weighted by Crippen LogP contribution is -2.46. The Bertz CT molecular complexity index is 463. The zero-order chi connectivity index (χ0) is 14.7. The molecule has 0 bridgehead atoms. The minimum Gasteiger partial charge on any atom is -0.352 e. The highest BCUT2D eigenvalue weighted by Crippen LogP contribution is 2.30. The Morgan fingerprint density at radius 1 is 1.55 bits per heavy atom. The lowest BCUT2D eigenvalue weighted by atomic mass is 9.78. The highest BCUT2D eigenvalue weighted by atomic mass is 32.2. The molecule has 0 saturated heterocycles. The minimum atomic E-state index is -0.231. The Morgan fingerprint density at radius 2 is 2.30 bits per heavy atom. The van der Waals surface area contributed by atoms with Gasteiger partial charge < -0.3 is 11.2 Å². The van der Waals surface area contributed by atoms with E-state index >= 15 is 0 Å². The maximum atomic E-state index is 12.3. The maximum Gasteiger partial charge on any atom is 0.233 e. The molecule has 3 N–H and O–H groups in total. The van der Waals surface area contributed by atoms with E-state index in [4.69, 9.17) is 5.84 Å². The lowest BCUT2D eigenvalue weighted by Gasteiger charge is -2.35. The number of carbonyl (C=O) groups excluding carboxylic acids is 1. The number of nitrogen functional groups attached to an aromatic ring is 1. The first-order valence-electron chi connectivity index (χ1n) is 7.11. The average Bonchev–Trinajstić information content (AvgIpc) is 2.80. The Balaban J connectivity index is 1.89. The van der Waals surface area contributed by atoms with E-state index in [1.807, 2.05) is 6.92 Å². The van der Waals surface area contributed by atoms with Crippen molar-refractivity contribution in [3.05, 3.63) is 6.33 Å². The van der Waals surface area contributed by atoms with Crippen LogP contribution in [0.2, 0.25) is 0 Å². The second kappa shape index (κ2) is 6.47. The first-order valence-corrected chi connectivity index (χ1v) is 7.99. The fourth-order valence-corrected chi connectivity index (χ4v) is 3.37. The van der Waals surface area contributed by atoms with Crippen molar-refractivity contribution >= 4 is 17.7 Å².